The van der Waals surface area contributed by atoms with Crippen molar-refractivity contribution in [1.82, 2.24) is 10.6 Å². The molecule has 4 nitrogen and oxygen atoms in total. The molecule has 144 valence electrons. The van der Waals surface area contributed by atoms with Crippen LogP contribution in [0.5, 0.6) is 0 Å². The van der Waals surface area contributed by atoms with Gasteiger partial charge in [0.25, 0.3) is 5.91 Å². The summed E-state index contributed by atoms with van der Waals surface area (Å²) < 4.78 is 0. The number of amides is 2. The second-order valence-electron chi connectivity index (χ2n) is 6.28. The highest BCUT2D eigenvalue weighted by Crippen LogP contribution is 2.22. The van der Waals surface area contributed by atoms with Crippen molar-refractivity contribution in [2.45, 2.75) is 36.1 Å². The number of hydrogen-bond acceptors (Lipinski definition) is 4. The van der Waals surface area contributed by atoms with Gasteiger partial charge in [0.1, 0.15) is 0 Å². The van der Waals surface area contributed by atoms with Crippen LogP contribution in [0.1, 0.15) is 30.6 Å². The second kappa shape index (κ2) is 11.7. The third-order valence-corrected chi connectivity index (χ3v) is 5.73. The minimum absolute atomic E-state index is 0.0249. The van der Waals surface area contributed by atoms with Gasteiger partial charge in [0.2, 0.25) is 5.91 Å². The highest BCUT2D eigenvalue weighted by molar-refractivity contribution is 8.00. The van der Waals surface area contributed by atoms with Crippen molar-refractivity contribution in [3.8, 4) is 0 Å². The number of carbonyl (C=O) groups is 2. The van der Waals surface area contributed by atoms with E-state index < -0.39 is 0 Å². The summed E-state index contributed by atoms with van der Waals surface area (Å²) in [4.78, 5) is 26.4. The van der Waals surface area contributed by atoms with Gasteiger partial charge in [0.05, 0.1) is 11.3 Å². The Labute approximate surface area is 169 Å². The average Bonchev–Trinajstić information content (AvgIpc) is 2.66. The standard InChI is InChI=1S/C21H26N2O2S2/c1-16(2)23-20(24)15-27-19-12-7-6-11-18(19)21(25)22-13-8-14-26-17-9-4-3-5-10-17/h3-7,9-12,16H,8,13-15H2,1-2H3,(H,22,25)(H,23,24). The van der Waals surface area contributed by atoms with Crippen molar-refractivity contribution in [2.75, 3.05) is 18.1 Å². The first-order chi connectivity index (χ1) is 13.1. The molecule has 2 amide bonds. The van der Waals surface area contributed by atoms with Gasteiger partial charge in [-0.3, -0.25) is 9.59 Å². The Kier molecular flexibility index (Phi) is 9.28. The fraction of sp³-hybridized carbons (Fsp3) is 0.333. The number of thioether (sulfide) groups is 2. The number of rotatable bonds is 10. The van der Waals surface area contributed by atoms with Gasteiger partial charge in [-0.25, -0.2) is 0 Å². The molecule has 2 aromatic rings. The molecule has 2 N–H and O–H groups in total. The van der Waals surface area contributed by atoms with Gasteiger partial charge < -0.3 is 10.6 Å². The normalized spacial score (nSPS) is 10.6. The number of hydrogen-bond donors (Lipinski definition) is 2. The molecular formula is C21H26N2O2S2. The SMILES string of the molecule is CC(C)NC(=O)CSc1ccccc1C(=O)NCCCSc1ccccc1. The summed E-state index contributed by atoms with van der Waals surface area (Å²) in [6.07, 6.45) is 0.900. The zero-order valence-corrected chi connectivity index (χ0v) is 17.4. The second-order valence-corrected chi connectivity index (χ2v) is 8.46. The van der Waals surface area contributed by atoms with E-state index >= 15 is 0 Å². The zero-order chi connectivity index (χ0) is 19.5. The van der Waals surface area contributed by atoms with Crippen LogP contribution >= 0.6 is 23.5 Å². The molecule has 2 rings (SSSR count). The molecule has 0 heterocycles. The highest BCUT2D eigenvalue weighted by atomic mass is 32.2. The van der Waals surface area contributed by atoms with E-state index in [9.17, 15) is 9.59 Å². The molecule has 27 heavy (non-hydrogen) atoms. The Morgan fingerprint density at radius 2 is 1.67 bits per heavy atom. The van der Waals surface area contributed by atoms with Gasteiger partial charge >= 0.3 is 0 Å². The van der Waals surface area contributed by atoms with Crippen LogP contribution in [0, 0.1) is 0 Å². The number of carbonyl (C=O) groups excluding carboxylic acids is 2. The Hall–Kier alpha value is -1.92. The van der Waals surface area contributed by atoms with Gasteiger partial charge in [-0.05, 0) is 50.3 Å². The van der Waals surface area contributed by atoms with E-state index in [0.717, 1.165) is 17.1 Å². The maximum Gasteiger partial charge on any atom is 0.252 e. The summed E-state index contributed by atoms with van der Waals surface area (Å²) >= 11 is 3.18. The summed E-state index contributed by atoms with van der Waals surface area (Å²) in [6, 6.07) is 17.8. The Morgan fingerprint density at radius 1 is 0.963 bits per heavy atom. The van der Waals surface area contributed by atoms with Crippen LogP contribution in [0.3, 0.4) is 0 Å². The summed E-state index contributed by atoms with van der Waals surface area (Å²) in [5.74, 6) is 1.14. The average molecular weight is 403 g/mol. The third-order valence-electron chi connectivity index (χ3n) is 3.56. The lowest BCUT2D eigenvalue weighted by atomic mass is 10.2. The number of benzene rings is 2. The van der Waals surface area contributed by atoms with Crippen molar-refractivity contribution in [3.05, 3.63) is 60.2 Å². The Bertz CT molecular complexity index is 736. The third kappa shape index (κ3) is 8.10. The molecule has 0 fully saturated rings. The van der Waals surface area contributed by atoms with Crippen LogP contribution < -0.4 is 10.6 Å². The van der Waals surface area contributed by atoms with Crippen molar-refractivity contribution < 1.29 is 9.59 Å². The molecule has 0 bridgehead atoms. The fourth-order valence-corrected chi connectivity index (χ4v) is 4.10. The Morgan fingerprint density at radius 3 is 2.41 bits per heavy atom. The number of nitrogens with one attached hydrogen (secondary N) is 2. The molecule has 0 unspecified atom stereocenters. The van der Waals surface area contributed by atoms with E-state index in [1.807, 2.05) is 50.2 Å². The molecule has 0 saturated heterocycles. The molecule has 0 aromatic heterocycles. The molecule has 2 aromatic carbocycles. The van der Waals surface area contributed by atoms with Crippen LogP contribution in [-0.4, -0.2) is 35.9 Å². The lowest BCUT2D eigenvalue weighted by Crippen LogP contribution is -2.31. The van der Waals surface area contributed by atoms with Gasteiger partial charge in [-0.1, -0.05) is 30.3 Å². The van der Waals surface area contributed by atoms with E-state index in [4.69, 9.17) is 0 Å². The summed E-state index contributed by atoms with van der Waals surface area (Å²) in [5, 5.41) is 5.84. The van der Waals surface area contributed by atoms with Gasteiger partial charge in [-0.2, -0.15) is 0 Å². The first-order valence-corrected chi connectivity index (χ1v) is 11.0. The molecule has 0 radical (unpaired) electrons. The molecule has 0 atom stereocenters. The topological polar surface area (TPSA) is 58.2 Å². The van der Waals surface area contributed by atoms with E-state index in [0.29, 0.717) is 17.9 Å². The van der Waals surface area contributed by atoms with Crippen molar-refractivity contribution >= 4 is 35.3 Å². The smallest absolute Gasteiger partial charge is 0.252 e. The van der Waals surface area contributed by atoms with Crippen molar-refractivity contribution in [2.24, 2.45) is 0 Å². The van der Waals surface area contributed by atoms with Crippen LogP contribution in [0.15, 0.2) is 64.4 Å². The highest BCUT2D eigenvalue weighted by Gasteiger charge is 2.12. The molecule has 0 saturated carbocycles. The predicted octanol–water partition coefficient (Wildman–Crippen LogP) is 4.22. The molecular weight excluding hydrogens is 376 g/mol. The summed E-state index contributed by atoms with van der Waals surface area (Å²) in [5.41, 5.74) is 0.621. The zero-order valence-electron chi connectivity index (χ0n) is 15.7. The van der Waals surface area contributed by atoms with Crippen LogP contribution in [-0.2, 0) is 4.79 Å². The monoisotopic (exact) mass is 402 g/mol. The van der Waals surface area contributed by atoms with Crippen LogP contribution in [0.25, 0.3) is 0 Å². The van der Waals surface area contributed by atoms with Gasteiger partial charge in [-0.15, -0.1) is 23.5 Å². The first kappa shape index (κ1) is 21.4. The first-order valence-electron chi connectivity index (χ1n) is 9.03. The summed E-state index contributed by atoms with van der Waals surface area (Å²) in [7, 11) is 0. The summed E-state index contributed by atoms with van der Waals surface area (Å²) in [6.45, 7) is 4.49. The lowest BCUT2D eigenvalue weighted by molar-refractivity contribution is -0.119. The van der Waals surface area contributed by atoms with Gasteiger partial charge in [0, 0.05) is 22.4 Å². The minimum Gasteiger partial charge on any atom is -0.353 e. The van der Waals surface area contributed by atoms with E-state index in [2.05, 4.69) is 22.8 Å². The molecule has 0 spiro atoms. The molecule has 0 aliphatic carbocycles. The predicted molar refractivity (Wildman–Crippen MR) is 115 cm³/mol. The Balaban J connectivity index is 1.77. The molecule has 6 heteroatoms. The minimum atomic E-state index is -0.0907. The van der Waals surface area contributed by atoms with E-state index in [1.165, 1.54) is 16.7 Å². The molecule has 0 aliphatic heterocycles. The molecule has 0 aliphatic rings. The maximum atomic E-state index is 12.5. The maximum absolute atomic E-state index is 12.5. The van der Waals surface area contributed by atoms with Crippen LogP contribution in [0.2, 0.25) is 0 Å². The van der Waals surface area contributed by atoms with Crippen LogP contribution in [0.4, 0.5) is 0 Å². The van der Waals surface area contributed by atoms with Crippen molar-refractivity contribution in [1.29, 1.82) is 0 Å². The fourth-order valence-electron chi connectivity index (χ4n) is 2.36. The van der Waals surface area contributed by atoms with Gasteiger partial charge in [0.15, 0.2) is 0 Å². The van der Waals surface area contributed by atoms with E-state index in [-0.39, 0.29) is 17.9 Å². The van der Waals surface area contributed by atoms with E-state index in [1.54, 1.807) is 17.8 Å². The lowest BCUT2D eigenvalue weighted by Gasteiger charge is -2.11. The largest absolute Gasteiger partial charge is 0.353 e. The van der Waals surface area contributed by atoms with Crippen molar-refractivity contribution in [3.63, 3.8) is 0 Å². The quantitative estimate of drug-likeness (QED) is 0.462.